The van der Waals surface area contributed by atoms with Crippen molar-refractivity contribution < 1.29 is 15.0 Å². The van der Waals surface area contributed by atoms with Crippen molar-refractivity contribution in [3.8, 4) is 0 Å². The Hall–Kier alpha value is -0.460. The minimum atomic E-state index is -1.04. The van der Waals surface area contributed by atoms with Gasteiger partial charge in [0.15, 0.2) is 0 Å². The fourth-order valence-electron chi connectivity index (χ4n) is 1.70. The predicted molar refractivity (Wildman–Crippen MR) is 75.7 cm³/mol. The molecule has 0 fully saturated rings. The second-order valence-electron chi connectivity index (χ2n) is 6.10. The number of nitrogens with two attached hydrogens (primary N) is 1. The minimum absolute atomic E-state index is 0.152. The van der Waals surface area contributed by atoms with Gasteiger partial charge < -0.3 is 15.9 Å². The van der Waals surface area contributed by atoms with Crippen molar-refractivity contribution in [1.82, 2.24) is 4.90 Å². The van der Waals surface area contributed by atoms with Crippen LogP contribution in [0.1, 0.15) is 27.7 Å². The molecule has 6 heteroatoms. The molecule has 18 heavy (non-hydrogen) atoms. The van der Waals surface area contributed by atoms with Crippen LogP contribution in [0.15, 0.2) is 0 Å². The standard InChI is InChI=1S/C12H26N2O3S/c1-11(2,8-18-5)6-14(10(16)17)9(13)12(3,4)7-15/h9,15H,6-8,13H2,1-5H3,(H,16,17). The molecule has 0 aromatic heterocycles. The topological polar surface area (TPSA) is 86.8 Å². The molecular weight excluding hydrogens is 252 g/mol. The van der Waals surface area contributed by atoms with Gasteiger partial charge in [-0.05, 0) is 17.4 Å². The minimum Gasteiger partial charge on any atom is -0.465 e. The highest BCUT2D eigenvalue weighted by atomic mass is 32.2. The second kappa shape index (κ2) is 6.63. The molecule has 0 rings (SSSR count). The van der Waals surface area contributed by atoms with Gasteiger partial charge in [0.2, 0.25) is 0 Å². The van der Waals surface area contributed by atoms with Gasteiger partial charge in [0.1, 0.15) is 0 Å². The molecule has 108 valence electrons. The number of hydrogen-bond donors (Lipinski definition) is 3. The van der Waals surface area contributed by atoms with Gasteiger partial charge in [-0.1, -0.05) is 27.7 Å². The average Bonchev–Trinajstić information content (AvgIpc) is 2.24. The van der Waals surface area contributed by atoms with Gasteiger partial charge in [0.25, 0.3) is 0 Å². The quantitative estimate of drug-likeness (QED) is 0.617. The third-order valence-electron chi connectivity index (χ3n) is 2.92. The number of amides is 1. The molecule has 0 aromatic carbocycles. The summed E-state index contributed by atoms with van der Waals surface area (Å²) < 4.78 is 0. The number of hydrogen-bond acceptors (Lipinski definition) is 4. The molecule has 1 atom stereocenters. The first-order chi connectivity index (χ1) is 8.07. The normalized spacial score (nSPS) is 14.4. The van der Waals surface area contributed by atoms with Gasteiger partial charge in [-0.15, -0.1) is 0 Å². The molecule has 0 aliphatic rings. The fourth-order valence-corrected chi connectivity index (χ4v) is 2.57. The molecule has 4 N–H and O–H groups in total. The van der Waals surface area contributed by atoms with Gasteiger partial charge >= 0.3 is 6.09 Å². The predicted octanol–water partition coefficient (Wildman–Crippen LogP) is 1.66. The lowest BCUT2D eigenvalue weighted by Crippen LogP contribution is -2.57. The van der Waals surface area contributed by atoms with Crippen molar-refractivity contribution in [2.45, 2.75) is 33.9 Å². The summed E-state index contributed by atoms with van der Waals surface area (Å²) in [6.45, 7) is 7.75. The van der Waals surface area contributed by atoms with Crippen LogP contribution in [0.4, 0.5) is 4.79 Å². The van der Waals surface area contributed by atoms with Gasteiger partial charge in [0, 0.05) is 12.0 Å². The second-order valence-corrected chi connectivity index (χ2v) is 6.97. The summed E-state index contributed by atoms with van der Waals surface area (Å²) in [6.07, 6.45) is 0.226. The van der Waals surface area contributed by atoms with E-state index in [1.165, 1.54) is 4.90 Å². The monoisotopic (exact) mass is 278 g/mol. The van der Waals surface area contributed by atoms with Crippen LogP contribution in [0.3, 0.4) is 0 Å². The van der Waals surface area contributed by atoms with Crippen molar-refractivity contribution in [3.63, 3.8) is 0 Å². The Morgan fingerprint density at radius 2 is 1.89 bits per heavy atom. The van der Waals surface area contributed by atoms with Crippen molar-refractivity contribution in [1.29, 1.82) is 0 Å². The Kier molecular flexibility index (Phi) is 6.46. The highest BCUT2D eigenvalue weighted by Crippen LogP contribution is 2.27. The summed E-state index contributed by atoms with van der Waals surface area (Å²) in [7, 11) is 0. The zero-order valence-electron chi connectivity index (χ0n) is 11.9. The maximum Gasteiger partial charge on any atom is 0.408 e. The lowest BCUT2D eigenvalue weighted by Gasteiger charge is -2.40. The zero-order chi connectivity index (χ0) is 14.6. The van der Waals surface area contributed by atoms with Crippen LogP contribution in [-0.4, -0.2) is 52.5 Å². The van der Waals surface area contributed by atoms with Crippen LogP contribution in [0.25, 0.3) is 0 Å². The Bertz CT molecular complexity index is 282. The van der Waals surface area contributed by atoms with Crippen LogP contribution in [-0.2, 0) is 0 Å². The van der Waals surface area contributed by atoms with Crippen LogP contribution >= 0.6 is 11.8 Å². The van der Waals surface area contributed by atoms with Crippen LogP contribution < -0.4 is 5.73 Å². The van der Waals surface area contributed by atoms with Gasteiger partial charge in [-0.3, -0.25) is 4.90 Å². The summed E-state index contributed by atoms with van der Waals surface area (Å²) in [5.74, 6) is 0.850. The molecule has 1 unspecified atom stereocenters. The lowest BCUT2D eigenvalue weighted by molar-refractivity contribution is 0.0287. The van der Waals surface area contributed by atoms with Gasteiger partial charge in [0.05, 0.1) is 12.8 Å². The van der Waals surface area contributed by atoms with Gasteiger partial charge in [-0.25, -0.2) is 4.79 Å². The average molecular weight is 278 g/mol. The number of thioether (sulfide) groups is 1. The summed E-state index contributed by atoms with van der Waals surface area (Å²) in [5, 5.41) is 18.6. The summed E-state index contributed by atoms with van der Waals surface area (Å²) in [6, 6.07) is 0. The molecule has 0 saturated heterocycles. The van der Waals surface area contributed by atoms with E-state index in [0.29, 0.717) is 6.54 Å². The molecular formula is C12H26N2O3S. The molecule has 0 heterocycles. The number of nitrogens with zero attached hydrogens (tertiary/aromatic N) is 1. The molecule has 0 aromatic rings. The van der Waals surface area contributed by atoms with E-state index in [1.807, 2.05) is 20.1 Å². The van der Waals surface area contributed by atoms with E-state index >= 15 is 0 Å². The first-order valence-electron chi connectivity index (χ1n) is 5.92. The van der Waals surface area contributed by atoms with E-state index in [4.69, 9.17) is 5.73 Å². The Labute approximate surface area is 114 Å². The van der Waals surface area contributed by atoms with Crippen LogP contribution in [0.5, 0.6) is 0 Å². The van der Waals surface area contributed by atoms with E-state index in [1.54, 1.807) is 25.6 Å². The first-order valence-corrected chi connectivity index (χ1v) is 7.32. The molecule has 0 saturated carbocycles. The SMILES string of the molecule is CSCC(C)(C)CN(C(=O)O)C(N)C(C)(C)CO. The number of aliphatic hydroxyl groups is 1. The highest BCUT2D eigenvalue weighted by molar-refractivity contribution is 7.98. The van der Waals surface area contributed by atoms with Crippen molar-refractivity contribution >= 4 is 17.9 Å². The van der Waals surface area contributed by atoms with E-state index in [2.05, 4.69) is 0 Å². The van der Waals surface area contributed by atoms with Crippen molar-refractivity contribution in [2.24, 2.45) is 16.6 Å². The van der Waals surface area contributed by atoms with Crippen molar-refractivity contribution in [2.75, 3.05) is 25.2 Å². The summed E-state index contributed by atoms with van der Waals surface area (Å²) >= 11 is 1.68. The molecule has 0 spiro atoms. The third kappa shape index (κ3) is 5.04. The number of carboxylic acid groups (broad SMARTS) is 1. The fraction of sp³-hybridized carbons (Fsp3) is 0.917. The highest BCUT2D eigenvalue weighted by Gasteiger charge is 2.36. The maximum absolute atomic E-state index is 11.3. The number of aliphatic hydroxyl groups excluding tert-OH is 1. The molecule has 0 aliphatic heterocycles. The smallest absolute Gasteiger partial charge is 0.408 e. The summed E-state index contributed by atoms with van der Waals surface area (Å²) in [5.41, 5.74) is 5.18. The third-order valence-corrected chi connectivity index (χ3v) is 3.99. The Balaban J connectivity index is 4.94. The van der Waals surface area contributed by atoms with Crippen LogP contribution in [0.2, 0.25) is 0 Å². The van der Waals surface area contributed by atoms with Gasteiger partial charge in [-0.2, -0.15) is 11.8 Å². The van der Waals surface area contributed by atoms with Crippen LogP contribution in [0, 0.1) is 10.8 Å². The van der Waals surface area contributed by atoms with E-state index < -0.39 is 17.7 Å². The lowest BCUT2D eigenvalue weighted by atomic mass is 9.88. The molecule has 5 nitrogen and oxygen atoms in total. The van der Waals surface area contributed by atoms with Crippen molar-refractivity contribution in [3.05, 3.63) is 0 Å². The molecule has 0 aliphatic carbocycles. The van der Waals surface area contributed by atoms with E-state index in [0.717, 1.165) is 5.75 Å². The largest absolute Gasteiger partial charge is 0.465 e. The van der Waals surface area contributed by atoms with E-state index in [9.17, 15) is 15.0 Å². The number of carbonyl (C=O) groups is 1. The summed E-state index contributed by atoms with van der Waals surface area (Å²) in [4.78, 5) is 12.6. The molecule has 0 bridgehead atoms. The Morgan fingerprint density at radius 3 is 2.22 bits per heavy atom. The Morgan fingerprint density at radius 1 is 1.39 bits per heavy atom. The first kappa shape index (κ1) is 17.5. The number of rotatable bonds is 7. The van der Waals surface area contributed by atoms with E-state index in [-0.39, 0.29) is 12.0 Å². The maximum atomic E-state index is 11.3. The molecule has 0 radical (unpaired) electrons. The molecule has 1 amide bonds. The zero-order valence-corrected chi connectivity index (χ0v) is 12.8.